The summed E-state index contributed by atoms with van der Waals surface area (Å²) >= 11 is 0. The molecule has 4 nitrogen and oxygen atoms in total. The van der Waals surface area contributed by atoms with Gasteiger partial charge in [-0.2, -0.15) is 0 Å². The molecule has 1 aromatic carbocycles. The van der Waals surface area contributed by atoms with E-state index < -0.39 is 0 Å². The van der Waals surface area contributed by atoms with Gasteiger partial charge in [-0.1, -0.05) is 18.2 Å². The number of allylic oxidation sites excluding steroid dienone is 1. The molecular weight excluding hydrogens is 236 g/mol. The second-order valence-electron chi connectivity index (χ2n) is 5.20. The SMILES string of the molecule is N=C1CCCC/C1=C(/N)C1NCNc2ccccc21. The second-order valence-corrected chi connectivity index (χ2v) is 5.20. The minimum Gasteiger partial charge on any atom is -0.400 e. The van der Waals surface area contributed by atoms with Gasteiger partial charge in [0.15, 0.2) is 0 Å². The maximum Gasteiger partial charge on any atom is 0.0760 e. The molecule has 1 aromatic rings. The largest absolute Gasteiger partial charge is 0.400 e. The van der Waals surface area contributed by atoms with E-state index in [1.807, 2.05) is 12.1 Å². The van der Waals surface area contributed by atoms with Crippen molar-refractivity contribution in [3.05, 3.63) is 41.1 Å². The molecule has 0 saturated heterocycles. The van der Waals surface area contributed by atoms with E-state index in [-0.39, 0.29) is 6.04 Å². The van der Waals surface area contributed by atoms with Crippen molar-refractivity contribution in [1.29, 1.82) is 5.41 Å². The van der Waals surface area contributed by atoms with E-state index in [0.29, 0.717) is 6.67 Å². The molecule has 0 aromatic heterocycles. The molecule has 1 fully saturated rings. The molecule has 5 N–H and O–H groups in total. The zero-order valence-electron chi connectivity index (χ0n) is 11.0. The number of benzene rings is 1. The third-order valence-corrected chi connectivity index (χ3v) is 3.98. The van der Waals surface area contributed by atoms with E-state index in [2.05, 4.69) is 22.8 Å². The van der Waals surface area contributed by atoms with Crippen LogP contribution in [-0.2, 0) is 0 Å². The molecule has 1 saturated carbocycles. The van der Waals surface area contributed by atoms with E-state index in [4.69, 9.17) is 11.1 Å². The van der Waals surface area contributed by atoms with Crippen LogP contribution in [-0.4, -0.2) is 12.4 Å². The molecule has 0 amide bonds. The molecule has 2 aliphatic rings. The maximum absolute atomic E-state index is 8.10. The van der Waals surface area contributed by atoms with Crippen LogP contribution in [0, 0.1) is 5.41 Å². The summed E-state index contributed by atoms with van der Waals surface area (Å²) in [7, 11) is 0. The third-order valence-electron chi connectivity index (χ3n) is 3.98. The van der Waals surface area contributed by atoms with Gasteiger partial charge in [-0.05, 0) is 42.9 Å². The summed E-state index contributed by atoms with van der Waals surface area (Å²) in [6.07, 6.45) is 4.07. The summed E-state index contributed by atoms with van der Waals surface area (Å²) in [5, 5.41) is 14.8. The number of fused-ring (bicyclic) bond motifs is 1. The normalized spacial score (nSPS) is 25.5. The lowest BCUT2D eigenvalue weighted by atomic mass is 9.87. The molecule has 1 aliphatic heterocycles. The molecule has 1 heterocycles. The number of hydrogen-bond acceptors (Lipinski definition) is 4. The van der Waals surface area contributed by atoms with E-state index in [1.54, 1.807) is 0 Å². The lowest BCUT2D eigenvalue weighted by Gasteiger charge is -2.30. The van der Waals surface area contributed by atoms with Crippen molar-refractivity contribution in [2.45, 2.75) is 31.7 Å². The Hall–Kier alpha value is -1.81. The Balaban J connectivity index is 1.99. The Kier molecular flexibility index (Phi) is 3.25. The molecule has 3 rings (SSSR count). The lowest BCUT2D eigenvalue weighted by Crippen LogP contribution is -2.37. The first-order valence-corrected chi connectivity index (χ1v) is 6.90. The standard InChI is InChI=1S/C15H20N4/c16-12-7-3-1-5-10(12)14(17)15-11-6-2-4-8-13(11)18-9-19-15/h2,4,6,8,15-16,18-19H,1,3,5,7,9,17H2/b14-10-,16-12?. The van der Waals surface area contributed by atoms with Gasteiger partial charge in [0.25, 0.3) is 0 Å². The first-order valence-electron chi connectivity index (χ1n) is 6.90. The molecule has 1 unspecified atom stereocenters. The molecule has 0 radical (unpaired) electrons. The van der Waals surface area contributed by atoms with Crippen LogP contribution in [0.4, 0.5) is 5.69 Å². The topological polar surface area (TPSA) is 73.9 Å². The average Bonchev–Trinajstić information content (AvgIpc) is 2.46. The highest BCUT2D eigenvalue weighted by molar-refractivity contribution is 5.99. The molecule has 1 aliphatic carbocycles. The summed E-state index contributed by atoms with van der Waals surface area (Å²) in [6, 6.07) is 8.27. The Morgan fingerprint density at radius 1 is 1.21 bits per heavy atom. The number of para-hydroxylation sites is 1. The Morgan fingerprint density at radius 2 is 2.00 bits per heavy atom. The second kappa shape index (κ2) is 5.05. The summed E-state index contributed by atoms with van der Waals surface area (Å²) in [6.45, 7) is 0.711. The number of rotatable bonds is 1. The molecule has 100 valence electrons. The Labute approximate surface area is 113 Å². The number of nitrogens with two attached hydrogens (primary N) is 1. The summed E-state index contributed by atoms with van der Waals surface area (Å²) in [4.78, 5) is 0. The highest BCUT2D eigenvalue weighted by Gasteiger charge is 2.25. The highest BCUT2D eigenvalue weighted by atomic mass is 15.1. The first kappa shape index (κ1) is 12.2. The zero-order valence-corrected chi connectivity index (χ0v) is 11.0. The van der Waals surface area contributed by atoms with Gasteiger partial charge < -0.3 is 16.5 Å². The van der Waals surface area contributed by atoms with Gasteiger partial charge in [0.1, 0.15) is 0 Å². The van der Waals surface area contributed by atoms with Gasteiger partial charge in [-0.25, -0.2) is 0 Å². The quantitative estimate of drug-likeness (QED) is 0.623. The van der Waals surface area contributed by atoms with Gasteiger partial charge in [0.05, 0.1) is 12.7 Å². The molecule has 4 heteroatoms. The van der Waals surface area contributed by atoms with Crippen molar-refractivity contribution in [2.75, 3.05) is 12.0 Å². The van der Waals surface area contributed by atoms with Crippen LogP contribution in [0.3, 0.4) is 0 Å². The fraction of sp³-hybridized carbons (Fsp3) is 0.400. The Morgan fingerprint density at radius 3 is 2.84 bits per heavy atom. The third kappa shape index (κ3) is 2.24. The molecule has 0 bridgehead atoms. The first-order chi connectivity index (χ1) is 9.27. The van der Waals surface area contributed by atoms with Gasteiger partial charge in [0.2, 0.25) is 0 Å². The fourth-order valence-corrected chi connectivity index (χ4v) is 2.94. The summed E-state index contributed by atoms with van der Waals surface area (Å²) in [5.74, 6) is 0. The van der Waals surface area contributed by atoms with Gasteiger partial charge in [-0.3, -0.25) is 5.32 Å². The van der Waals surface area contributed by atoms with Crippen molar-refractivity contribution >= 4 is 11.4 Å². The zero-order chi connectivity index (χ0) is 13.2. The van der Waals surface area contributed by atoms with Crippen molar-refractivity contribution in [3.8, 4) is 0 Å². The van der Waals surface area contributed by atoms with Crippen LogP contribution < -0.4 is 16.4 Å². The number of nitrogens with one attached hydrogen (secondary N) is 3. The number of anilines is 1. The van der Waals surface area contributed by atoms with Crippen molar-refractivity contribution in [1.82, 2.24) is 5.32 Å². The Bertz CT molecular complexity index is 533. The smallest absolute Gasteiger partial charge is 0.0760 e. The van der Waals surface area contributed by atoms with E-state index >= 15 is 0 Å². The lowest BCUT2D eigenvalue weighted by molar-refractivity contribution is 0.590. The van der Waals surface area contributed by atoms with Crippen molar-refractivity contribution < 1.29 is 0 Å². The van der Waals surface area contributed by atoms with E-state index in [1.165, 1.54) is 5.56 Å². The van der Waals surface area contributed by atoms with Crippen LogP contribution >= 0.6 is 0 Å². The van der Waals surface area contributed by atoms with Crippen LogP contribution in [0.1, 0.15) is 37.3 Å². The summed E-state index contributed by atoms with van der Waals surface area (Å²) < 4.78 is 0. The summed E-state index contributed by atoms with van der Waals surface area (Å²) in [5.41, 5.74) is 11.3. The van der Waals surface area contributed by atoms with E-state index in [9.17, 15) is 0 Å². The van der Waals surface area contributed by atoms with E-state index in [0.717, 1.165) is 48.4 Å². The monoisotopic (exact) mass is 256 g/mol. The predicted octanol–water partition coefficient (Wildman–Crippen LogP) is 2.51. The molecule has 1 atom stereocenters. The fourth-order valence-electron chi connectivity index (χ4n) is 2.94. The predicted molar refractivity (Wildman–Crippen MR) is 78.2 cm³/mol. The molecular formula is C15H20N4. The van der Waals surface area contributed by atoms with Gasteiger partial charge in [-0.15, -0.1) is 0 Å². The molecule has 0 spiro atoms. The van der Waals surface area contributed by atoms with Crippen LogP contribution in [0.2, 0.25) is 0 Å². The van der Waals surface area contributed by atoms with Crippen LogP contribution in [0.5, 0.6) is 0 Å². The minimum absolute atomic E-state index is 0.0332. The van der Waals surface area contributed by atoms with Crippen molar-refractivity contribution in [3.63, 3.8) is 0 Å². The minimum atomic E-state index is 0.0332. The van der Waals surface area contributed by atoms with Crippen LogP contribution in [0.25, 0.3) is 0 Å². The molecule has 19 heavy (non-hydrogen) atoms. The van der Waals surface area contributed by atoms with Gasteiger partial charge >= 0.3 is 0 Å². The van der Waals surface area contributed by atoms with Gasteiger partial charge in [0, 0.05) is 17.1 Å². The number of hydrogen-bond donors (Lipinski definition) is 4. The maximum atomic E-state index is 8.10. The van der Waals surface area contributed by atoms with Crippen LogP contribution in [0.15, 0.2) is 35.5 Å². The average molecular weight is 256 g/mol. The van der Waals surface area contributed by atoms with Crippen molar-refractivity contribution in [2.24, 2.45) is 5.73 Å². The highest BCUT2D eigenvalue weighted by Crippen LogP contribution is 2.32.